The summed E-state index contributed by atoms with van der Waals surface area (Å²) in [6.45, 7) is 5.04. The fraction of sp³-hybridized carbons (Fsp3) is 0.583. The van der Waals surface area contributed by atoms with Gasteiger partial charge in [0.1, 0.15) is 5.82 Å². The highest BCUT2D eigenvalue weighted by Crippen LogP contribution is 2.05. The van der Waals surface area contributed by atoms with E-state index < -0.39 is 0 Å². The predicted molar refractivity (Wildman–Crippen MR) is 63.2 cm³/mol. The lowest BCUT2D eigenvalue weighted by molar-refractivity contribution is 0.0716. The van der Waals surface area contributed by atoms with Crippen molar-refractivity contribution in [2.24, 2.45) is 0 Å². The molecule has 0 fully saturated rings. The zero-order valence-electron chi connectivity index (χ0n) is 10.5. The zero-order valence-corrected chi connectivity index (χ0v) is 10.5. The molecule has 0 aromatic carbocycles. The van der Waals surface area contributed by atoms with Crippen LogP contribution in [0.1, 0.15) is 28.8 Å². The highest BCUT2D eigenvalue weighted by molar-refractivity contribution is 5.94. The van der Waals surface area contributed by atoms with Gasteiger partial charge in [0.05, 0.1) is 31.1 Å². The Morgan fingerprint density at radius 1 is 1.35 bits per heavy atom. The monoisotopic (exact) mass is 238 g/mol. The number of carbonyl (C=O) groups excluding carboxylic acids is 1. The molecule has 1 rings (SSSR count). The zero-order chi connectivity index (χ0) is 12.7. The van der Waals surface area contributed by atoms with E-state index in [1.807, 2.05) is 6.92 Å². The Morgan fingerprint density at radius 3 is 2.71 bits per heavy atom. The van der Waals surface area contributed by atoms with Crippen molar-refractivity contribution in [3.05, 3.63) is 23.3 Å². The number of hydrogen-bond acceptors (Lipinski definition) is 5. The van der Waals surface area contributed by atoms with Gasteiger partial charge in [-0.3, -0.25) is 4.79 Å². The van der Waals surface area contributed by atoms with Gasteiger partial charge in [-0.2, -0.15) is 0 Å². The summed E-state index contributed by atoms with van der Waals surface area (Å²) < 4.78 is 10.2. The molecule has 17 heavy (non-hydrogen) atoms. The summed E-state index contributed by atoms with van der Waals surface area (Å²) >= 11 is 0. The molecule has 0 bridgehead atoms. The van der Waals surface area contributed by atoms with Crippen molar-refractivity contribution in [3.8, 4) is 0 Å². The largest absolute Gasteiger partial charge is 0.382 e. The predicted octanol–water partition coefficient (Wildman–Crippen LogP) is 1.19. The first-order valence-electron chi connectivity index (χ1n) is 5.55. The number of carbonyl (C=O) groups is 1. The number of methoxy groups -OCH3 is 1. The van der Waals surface area contributed by atoms with Crippen molar-refractivity contribution in [2.75, 3.05) is 26.9 Å². The van der Waals surface area contributed by atoms with E-state index in [0.717, 1.165) is 5.69 Å². The van der Waals surface area contributed by atoms with Gasteiger partial charge < -0.3 is 9.47 Å². The lowest BCUT2D eigenvalue weighted by Crippen LogP contribution is -2.09. The fourth-order valence-electron chi connectivity index (χ4n) is 1.39. The van der Waals surface area contributed by atoms with Crippen LogP contribution >= 0.6 is 0 Å². The average molecular weight is 238 g/mol. The number of aromatic nitrogens is 2. The molecule has 0 N–H and O–H groups in total. The summed E-state index contributed by atoms with van der Waals surface area (Å²) in [7, 11) is 1.64. The molecular formula is C12H18N2O3. The Hall–Kier alpha value is -1.33. The third-order valence-electron chi connectivity index (χ3n) is 2.31. The standard InChI is InChI=1S/C12H18N2O3/c1-9-11(10(2)15)8-13-12(14-9)4-5-17-7-6-16-3/h8H,4-7H2,1-3H3. The Bertz CT molecular complexity index is 380. The summed E-state index contributed by atoms with van der Waals surface area (Å²) in [6, 6.07) is 0. The smallest absolute Gasteiger partial charge is 0.163 e. The second-order valence-electron chi connectivity index (χ2n) is 3.70. The molecule has 1 heterocycles. The van der Waals surface area contributed by atoms with E-state index in [1.54, 1.807) is 13.3 Å². The van der Waals surface area contributed by atoms with E-state index in [1.165, 1.54) is 6.92 Å². The summed E-state index contributed by atoms with van der Waals surface area (Å²) in [5.74, 6) is 0.690. The minimum atomic E-state index is -0.00889. The maximum atomic E-state index is 11.2. The second kappa shape index (κ2) is 7.09. The van der Waals surface area contributed by atoms with Crippen molar-refractivity contribution in [1.29, 1.82) is 0 Å². The molecule has 0 radical (unpaired) electrons. The van der Waals surface area contributed by atoms with Gasteiger partial charge in [-0.05, 0) is 13.8 Å². The van der Waals surface area contributed by atoms with Gasteiger partial charge in [0.15, 0.2) is 5.78 Å². The molecule has 0 saturated heterocycles. The minimum absolute atomic E-state index is 0.00889. The SMILES string of the molecule is COCCOCCc1ncc(C(C)=O)c(C)n1. The Labute approximate surface area is 101 Å². The minimum Gasteiger partial charge on any atom is -0.382 e. The second-order valence-corrected chi connectivity index (χ2v) is 3.70. The normalized spacial score (nSPS) is 10.5. The van der Waals surface area contributed by atoms with Gasteiger partial charge in [-0.15, -0.1) is 0 Å². The van der Waals surface area contributed by atoms with E-state index in [4.69, 9.17) is 9.47 Å². The van der Waals surface area contributed by atoms with Gasteiger partial charge in [0, 0.05) is 19.7 Å². The van der Waals surface area contributed by atoms with Crippen LogP contribution in [-0.4, -0.2) is 42.7 Å². The molecule has 0 unspecified atom stereocenters. The van der Waals surface area contributed by atoms with E-state index in [9.17, 15) is 4.79 Å². The van der Waals surface area contributed by atoms with Crippen molar-refractivity contribution < 1.29 is 14.3 Å². The number of Topliss-reactive ketones (excluding diaryl/α,β-unsaturated/α-hetero) is 1. The number of aryl methyl sites for hydroxylation is 1. The Balaban J connectivity index is 2.45. The summed E-state index contributed by atoms with van der Waals surface area (Å²) in [4.78, 5) is 19.6. The van der Waals surface area contributed by atoms with Crippen LogP contribution in [-0.2, 0) is 15.9 Å². The number of nitrogens with zero attached hydrogens (tertiary/aromatic N) is 2. The van der Waals surface area contributed by atoms with Crippen LogP contribution in [0.5, 0.6) is 0 Å². The molecule has 0 aliphatic carbocycles. The van der Waals surface area contributed by atoms with Crippen LogP contribution < -0.4 is 0 Å². The maximum absolute atomic E-state index is 11.2. The number of rotatable bonds is 7. The summed E-state index contributed by atoms with van der Waals surface area (Å²) in [5.41, 5.74) is 1.30. The first kappa shape index (κ1) is 13.7. The molecule has 1 aromatic heterocycles. The van der Waals surface area contributed by atoms with Crippen molar-refractivity contribution in [3.63, 3.8) is 0 Å². The summed E-state index contributed by atoms with van der Waals surface area (Å²) in [5, 5.41) is 0. The lowest BCUT2D eigenvalue weighted by Gasteiger charge is -2.05. The molecule has 5 heteroatoms. The van der Waals surface area contributed by atoms with Crippen LogP contribution in [0.25, 0.3) is 0 Å². The number of ketones is 1. The average Bonchev–Trinajstić information content (AvgIpc) is 2.28. The molecular weight excluding hydrogens is 220 g/mol. The van der Waals surface area contributed by atoms with E-state index in [2.05, 4.69) is 9.97 Å². The molecule has 94 valence electrons. The highest BCUT2D eigenvalue weighted by Gasteiger charge is 2.07. The number of ether oxygens (including phenoxy) is 2. The van der Waals surface area contributed by atoms with Crippen LogP contribution in [0.4, 0.5) is 0 Å². The fourth-order valence-corrected chi connectivity index (χ4v) is 1.39. The van der Waals surface area contributed by atoms with Crippen LogP contribution in [0.3, 0.4) is 0 Å². The van der Waals surface area contributed by atoms with Crippen molar-refractivity contribution in [2.45, 2.75) is 20.3 Å². The van der Waals surface area contributed by atoms with Gasteiger partial charge >= 0.3 is 0 Å². The molecule has 0 aliphatic rings. The molecule has 0 aliphatic heterocycles. The first-order valence-corrected chi connectivity index (χ1v) is 5.55. The summed E-state index contributed by atoms with van der Waals surface area (Å²) in [6.07, 6.45) is 2.22. The maximum Gasteiger partial charge on any atom is 0.163 e. The third kappa shape index (κ3) is 4.58. The molecule has 1 aromatic rings. The van der Waals surface area contributed by atoms with E-state index in [-0.39, 0.29) is 5.78 Å². The van der Waals surface area contributed by atoms with Gasteiger partial charge in [-0.1, -0.05) is 0 Å². The Morgan fingerprint density at radius 2 is 2.12 bits per heavy atom. The number of hydrogen-bond donors (Lipinski definition) is 0. The highest BCUT2D eigenvalue weighted by atomic mass is 16.5. The Kier molecular flexibility index (Phi) is 5.72. The molecule has 5 nitrogen and oxygen atoms in total. The van der Waals surface area contributed by atoms with E-state index >= 15 is 0 Å². The topological polar surface area (TPSA) is 61.3 Å². The van der Waals surface area contributed by atoms with Gasteiger partial charge in [0.2, 0.25) is 0 Å². The first-order chi connectivity index (χ1) is 8.15. The molecule has 0 atom stereocenters. The molecule has 0 saturated carbocycles. The van der Waals surface area contributed by atoms with Crippen molar-refractivity contribution >= 4 is 5.78 Å². The lowest BCUT2D eigenvalue weighted by atomic mass is 10.2. The van der Waals surface area contributed by atoms with Crippen LogP contribution in [0.2, 0.25) is 0 Å². The van der Waals surface area contributed by atoms with Crippen LogP contribution in [0, 0.1) is 6.92 Å². The van der Waals surface area contributed by atoms with Gasteiger partial charge in [0.25, 0.3) is 0 Å². The quantitative estimate of drug-likeness (QED) is 0.527. The van der Waals surface area contributed by atoms with Gasteiger partial charge in [-0.25, -0.2) is 9.97 Å². The molecule has 0 amide bonds. The van der Waals surface area contributed by atoms with Crippen LogP contribution in [0.15, 0.2) is 6.20 Å². The van der Waals surface area contributed by atoms with E-state index in [0.29, 0.717) is 37.6 Å². The van der Waals surface area contributed by atoms with Crippen molar-refractivity contribution in [1.82, 2.24) is 9.97 Å². The molecule has 0 spiro atoms. The third-order valence-corrected chi connectivity index (χ3v) is 2.31.